The van der Waals surface area contributed by atoms with Crippen molar-refractivity contribution in [2.45, 2.75) is 32.6 Å². The molecule has 0 amide bonds. The van der Waals surface area contributed by atoms with Crippen molar-refractivity contribution in [3.63, 3.8) is 0 Å². The topological polar surface area (TPSA) is 84.6 Å². The number of nitrogens with zero attached hydrogens (tertiary/aromatic N) is 3. The van der Waals surface area contributed by atoms with Crippen LogP contribution in [0.25, 0.3) is 11.4 Å². The van der Waals surface area contributed by atoms with Crippen LogP contribution < -0.4 is 10.6 Å². The van der Waals surface area contributed by atoms with Gasteiger partial charge in [0, 0.05) is 24.6 Å². The van der Waals surface area contributed by atoms with Gasteiger partial charge < -0.3 is 9.90 Å². The van der Waals surface area contributed by atoms with Crippen LogP contribution in [0.2, 0.25) is 0 Å². The summed E-state index contributed by atoms with van der Waals surface area (Å²) in [7, 11) is 0. The van der Waals surface area contributed by atoms with E-state index in [0.717, 1.165) is 12.1 Å². The first-order valence-corrected chi connectivity index (χ1v) is 8.17. The lowest BCUT2D eigenvalue weighted by Crippen LogP contribution is -2.31. The third kappa shape index (κ3) is 3.74. The fraction of sp³-hybridized carbons (Fsp3) is 0.263. The third-order valence-electron chi connectivity index (χ3n) is 4.10. The minimum absolute atomic E-state index is 0.0454. The van der Waals surface area contributed by atoms with Crippen molar-refractivity contribution in [3.05, 3.63) is 69.4 Å². The van der Waals surface area contributed by atoms with Crippen molar-refractivity contribution in [3.8, 4) is 0 Å². The van der Waals surface area contributed by atoms with E-state index in [1.165, 1.54) is 24.9 Å². The number of hydrogen-bond donors (Lipinski definition) is 1. The molecule has 3 rings (SSSR count). The van der Waals surface area contributed by atoms with Crippen LogP contribution >= 0.6 is 0 Å². The number of pyridine rings is 1. The molecule has 128 valence electrons. The van der Waals surface area contributed by atoms with Crippen molar-refractivity contribution in [2.24, 2.45) is 0 Å². The van der Waals surface area contributed by atoms with Crippen LogP contribution in [0, 0.1) is 0 Å². The quantitative estimate of drug-likeness (QED) is 0.739. The summed E-state index contributed by atoms with van der Waals surface area (Å²) in [5.74, 6) is -0.163. The molecular weight excluding hydrogens is 318 g/mol. The Morgan fingerprint density at radius 2 is 1.92 bits per heavy atom. The molecule has 6 nitrogen and oxygen atoms in total. The van der Waals surface area contributed by atoms with Gasteiger partial charge in [-0.05, 0) is 25.3 Å². The summed E-state index contributed by atoms with van der Waals surface area (Å²) in [4.78, 5) is 27.7. The average Bonchev–Trinajstić information content (AvgIpc) is 3.08. The number of carbonyl (C=O) groups excluding carboxylic acids is 1. The van der Waals surface area contributed by atoms with E-state index in [1.54, 1.807) is 4.52 Å². The maximum Gasteiger partial charge on any atom is 0.194 e. The van der Waals surface area contributed by atoms with E-state index < -0.39 is 0 Å². The number of fused-ring (bicyclic) bond motifs is 1. The minimum Gasteiger partial charge on any atom is -0.511 e. The first-order chi connectivity index (χ1) is 12.1. The standard InChI is InChI=1S/C19H19N3O3/c1-13(23)7-10-16(24)18-17(25)11-15(22-19(18)20-12-21-22)9-8-14-5-3-2-4-6-14/h2-6,11-12,24H,7-10H2,1H3/b18-16-. The smallest absolute Gasteiger partial charge is 0.194 e. The van der Waals surface area contributed by atoms with Crippen molar-refractivity contribution < 1.29 is 9.90 Å². The van der Waals surface area contributed by atoms with E-state index in [4.69, 9.17) is 0 Å². The molecule has 0 saturated carbocycles. The van der Waals surface area contributed by atoms with Gasteiger partial charge in [-0.25, -0.2) is 9.50 Å². The van der Waals surface area contributed by atoms with Crippen molar-refractivity contribution >= 4 is 17.2 Å². The molecular formula is C19H19N3O3. The Hall–Kier alpha value is -3.02. The number of hydrogen-bond acceptors (Lipinski definition) is 5. The van der Waals surface area contributed by atoms with Gasteiger partial charge >= 0.3 is 0 Å². The zero-order valence-electron chi connectivity index (χ0n) is 14.0. The molecule has 0 fully saturated rings. The summed E-state index contributed by atoms with van der Waals surface area (Å²) in [5, 5.41) is 14.6. The normalized spacial score (nSPS) is 12.4. The molecule has 6 heteroatoms. The molecule has 0 spiro atoms. The molecule has 0 atom stereocenters. The average molecular weight is 337 g/mol. The molecule has 0 aliphatic heterocycles. The van der Waals surface area contributed by atoms with Crippen molar-refractivity contribution in [1.29, 1.82) is 0 Å². The fourth-order valence-electron chi connectivity index (χ4n) is 2.80. The Balaban J connectivity index is 1.99. The van der Waals surface area contributed by atoms with E-state index in [-0.39, 0.29) is 35.0 Å². The van der Waals surface area contributed by atoms with E-state index in [9.17, 15) is 14.7 Å². The molecule has 0 saturated heterocycles. The fourth-order valence-corrected chi connectivity index (χ4v) is 2.80. The van der Waals surface area contributed by atoms with Crippen LogP contribution in [0.3, 0.4) is 0 Å². The first kappa shape index (κ1) is 16.8. The lowest BCUT2D eigenvalue weighted by Gasteiger charge is -2.06. The molecule has 0 radical (unpaired) electrons. The summed E-state index contributed by atoms with van der Waals surface area (Å²) >= 11 is 0. The highest BCUT2D eigenvalue weighted by Crippen LogP contribution is 2.07. The monoisotopic (exact) mass is 337 g/mol. The zero-order chi connectivity index (χ0) is 17.8. The van der Waals surface area contributed by atoms with Crippen LogP contribution in [0.4, 0.5) is 0 Å². The van der Waals surface area contributed by atoms with Crippen LogP contribution in [0.15, 0.2) is 47.5 Å². The Kier molecular flexibility index (Phi) is 4.88. The van der Waals surface area contributed by atoms with E-state index >= 15 is 0 Å². The van der Waals surface area contributed by atoms with E-state index in [2.05, 4.69) is 10.1 Å². The molecule has 25 heavy (non-hydrogen) atoms. The first-order valence-electron chi connectivity index (χ1n) is 8.17. The van der Waals surface area contributed by atoms with Gasteiger partial charge in [-0.3, -0.25) is 4.79 Å². The highest BCUT2D eigenvalue weighted by Gasteiger charge is 2.12. The second kappa shape index (κ2) is 7.25. The van der Waals surface area contributed by atoms with Gasteiger partial charge in [-0.1, -0.05) is 30.3 Å². The number of rotatable bonds is 6. The molecule has 0 aliphatic rings. The molecule has 1 N–H and O–H groups in total. The minimum atomic E-state index is -0.301. The van der Waals surface area contributed by atoms with Crippen molar-refractivity contribution in [1.82, 2.24) is 14.6 Å². The summed E-state index contributed by atoms with van der Waals surface area (Å²) in [6, 6.07) is 11.5. The van der Waals surface area contributed by atoms with Gasteiger partial charge in [-0.15, -0.1) is 0 Å². The van der Waals surface area contributed by atoms with E-state index in [1.807, 2.05) is 30.3 Å². The number of aryl methyl sites for hydroxylation is 2. The molecule has 0 unspecified atom stereocenters. The van der Waals surface area contributed by atoms with E-state index in [0.29, 0.717) is 12.1 Å². The Morgan fingerprint density at radius 1 is 1.16 bits per heavy atom. The Labute approximate surface area is 144 Å². The number of aliphatic hydroxyl groups excluding tert-OH is 1. The molecule has 0 bridgehead atoms. The van der Waals surface area contributed by atoms with Gasteiger partial charge in [0.1, 0.15) is 23.1 Å². The molecule has 1 aromatic carbocycles. The van der Waals surface area contributed by atoms with Crippen LogP contribution in [0.5, 0.6) is 0 Å². The second-order valence-electron chi connectivity index (χ2n) is 6.00. The summed E-state index contributed by atoms with van der Waals surface area (Å²) in [6.07, 6.45) is 3.07. The summed E-state index contributed by atoms with van der Waals surface area (Å²) < 4.78 is 1.59. The number of Topliss-reactive ketones (excluding diaryl/α,β-unsaturated/α-hetero) is 1. The zero-order valence-corrected chi connectivity index (χ0v) is 14.0. The number of aliphatic hydroxyl groups is 1. The SMILES string of the molecule is CC(=O)CC/C(O)=c1\c(=O)cc(CCc2ccccc2)n2ncnc12. The van der Waals surface area contributed by atoms with Gasteiger partial charge in [0.25, 0.3) is 0 Å². The van der Waals surface area contributed by atoms with Crippen LogP contribution in [-0.4, -0.2) is 25.5 Å². The van der Waals surface area contributed by atoms with Gasteiger partial charge in [0.05, 0.1) is 0 Å². The predicted molar refractivity (Wildman–Crippen MR) is 94.3 cm³/mol. The third-order valence-corrected chi connectivity index (χ3v) is 4.10. The van der Waals surface area contributed by atoms with Gasteiger partial charge in [-0.2, -0.15) is 5.10 Å². The number of aromatic nitrogens is 3. The Morgan fingerprint density at radius 3 is 2.64 bits per heavy atom. The van der Waals surface area contributed by atoms with Crippen LogP contribution in [-0.2, 0) is 17.6 Å². The lowest BCUT2D eigenvalue weighted by atomic mass is 10.1. The number of ketones is 1. The van der Waals surface area contributed by atoms with Gasteiger partial charge in [0.15, 0.2) is 11.1 Å². The molecule has 0 aliphatic carbocycles. The second-order valence-corrected chi connectivity index (χ2v) is 6.00. The van der Waals surface area contributed by atoms with Gasteiger partial charge in [0.2, 0.25) is 0 Å². The maximum absolute atomic E-state index is 12.5. The highest BCUT2D eigenvalue weighted by molar-refractivity contribution is 5.76. The van der Waals surface area contributed by atoms with Crippen LogP contribution in [0.1, 0.15) is 31.0 Å². The Bertz CT molecular complexity index is 1010. The summed E-state index contributed by atoms with van der Waals surface area (Å²) in [5.41, 5.74) is 1.94. The van der Waals surface area contributed by atoms with Crippen molar-refractivity contribution in [2.75, 3.05) is 0 Å². The highest BCUT2D eigenvalue weighted by atomic mass is 16.3. The predicted octanol–water partition coefficient (Wildman–Crippen LogP) is 1.63. The maximum atomic E-state index is 12.5. The number of carbonyl (C=O) groups is 1. The molecule has 2 aromatic heterocycles. The number of benzene rings is 1. The summed E-state index contributed by atoms with van der Waals surface area (Å²) in [6.45, 7) is 1.45. The molecule has 2 heterocycles. The molecule has 3 aromatic rings. The largest absolute Gasteiger partial charge is 0.511 e. The lowest BCUT2D eigenvalue weighted by molar-refractivity contribution is -0.116.